The molecule has 0 N–H and O–H groups in total. The number of hydrogen-bond donors (Lipinski definition) is 0. The first-order chi connectivity index (χ1) is 9.26. The van der Waals surface area contributed by atoms with E-state index in [0.29, 0.717) is 24.9 Å². The van der Waals surface area contributed by atoms with E-state index in [1.807, 2.05) is 18.7 Å². The molecule has 2 aliphatic rings. The molecular weight excluding hydrogens is 264 g/mol. The van der Waals surface area contributed by atoms with Crippen LogP contribution in [0.1, 0.15) is 39.5 Å². The number of carbonyl (C=O) groups is 1. The van der Waals surface area contributed by atoms with E-state index in [9.17, 15) is 4.79 Å². The molecule has 0 aromatic heterocycles. The lowest BCUT2D eigenvalue weighted by molar-refractivity contribution is -0.153. The lowest BCUT2D eigenvalue weighted by Crippen LogP contribution is -2.33. The van der Waals surface area contributed by atoms with Gasteiger partial charge in [-0.25, -0.2) is 0 Å². The van der Waals surface area contributed by atoms with Crippen molar-refractivity contribution in [2.45, 2.75) is 63.1 Å². The van der Waals surface area contributed by atoms with Crippen LogP contribution in [0.25, 0.3) is 0 Å². The molecule has 19 heavy (non-hydrogen) atoms. The van der Waals surface area contributed by atoms with Gasteiger partial charge >= 0.3 is 5.97 Å². The summed E-state index contributed by atoms with van der Waals surface area (Å²) in [5, 5.41) is 0.395. The van der Waals surface area contributed by atoms with E-state index in [4.69, 9.17) is 14.2 Å². The van der Waals surface area contributed by atoms with Gasteiger partial charge in [0, 0.05) is 6.42 Å². The van der Waals surface area contributed by atoms with Gasteiger partial charge in [-0.3, -0.25) is 4.79 Å². The monoisotopic (exact) mass is 288 g/mol. The molecule has 4 nitrogen and oxygen atoms in total. The number of rotatable bonds is 7. The highest BCUT2D eigenvalue weighted by Gasteiger charge is 2.49. The molecule has 0 radical (unpaired) electrons. The Balaban J connectivity index is 1.78. The van der Waals surface area contributed by atoms with Crippen molar-refractivity contribution in [1.82, 2.24) is 0 Å². The minimum absolute atomic E-state index is 0.0556. The highest BCUT2D eigenvalue weighted by molar-refractivity contribution is 8.00. The van der Waals surface area contributed by atoms with Crippen molar-refractivity contribution >= 4 is 17.7 Å². The van der Waals surface area contributed by atoms with Gasteiger partial charge in [-0.2, -0.15) is 11.8 Å². The van der Waals surface area contributed by atoms with Crippen LogP contribution >= 0.6 is 11.8 Å². The van der Waals surface area contributed by atoms with Gasteiger partial charge in [-0.05, 0) is 18.6 Å². The fourth-order valence-electron chi connectivity index (χ4n) is 2.48. The number of fused-ring (bicyclic) bond motifs is 1. The van der Waals surface area contributed by atoms with Crippen LogP contribution in [-0.4, -0.2) is 48.5 Å². The van der Waals surface area contributed by atoms with Crippen molar-refractivity contribution in [1.29, 1.82) is 0 Å². The zero-order chi connectivity index (χ0) is 13.7. The van der Waals surface area contributed by atoms with E-state index in [0.717, 1.165) is 12.2 Å². The first-order valence-corrected chi connectivity index (χ1v) is 8.35. The predicted molar refractivity (Wildman–Crippen MR) is 75.4 cm³/mol. The SMILES string of the molecule is CCCCSC1CO[C@@H]2[C@@H](OC(=O)CCC)CO[C@H]12. The lowest BCUT2D eigenvalue weighted by atomic mass is 10.1. The van der Waals surface area contributed by atoms with Gasteiger partial charge in [0.05, 0.1) is 18.5 Å². The summed E-state index contributed by atoms with van der Waals surface area (Å²) < 4.78 is 17.0. The molecule has 2 heterocycles. The maximum atomic E-state index is 11.5. The van der Waals surface area contributed by atoms with E-state index in [2.05, 4.69) is 6.92 Å². The Bertz CT molecular complexity index is 297. The van der Waals surface area contributed by atoms with E-state index >= 15 is 0 Å². The van der Waals surface area contributed by atoms with Gasteiger partial charge in [-0.1, -0.05) is 20.3 Å². The quantitative estimate of drug-likeness (QED) is 0.532. The van der Waals surface area contributed by atoms with Crippen molar-refractivity contribution in [3.05, 3.63) is 0 Å². The molecule has 0 aromatic rings. The number of unbranched alkanes of at least 4 members (excludes halogenated alkanes) is 1. The lowest BCUT2D eigenvalue weighted by Gasteiger charge is -2.16. The highest BCUT2D eigenvalue weighted by Crippen LogP contribution is 2.35. The summed E-state index contributed by atoms with van der Waals surface area (Å²) in [6.45, 7) is 5.37. The maximum absolute atomic E-state index is 11.5. The Hall–Kier alpha value is -0.260. The molecule has 5 heteroatoms. The van der Waals surface area contributed by atoms with Crippen molar-refractivity contribution in [2.75, 3.05) is 19.0 Å². The molecule has 0 saturated carbocycles. The summed E-state index contributed by atoms with van der Waals surface area (Å²) in [6, 6.07) is 0. The van der Waals surface area contributed by atoms with Gasteiger partial charge in [0.25, 0.3) is 0 Å². The van der Waals surface area contributed by atoms with Crippen molar-refractivity contribution in [3.63, 3.8) is 0 Å². The average Bonchev–Trinajstić information content (AvgIpc) is 2.94. The fourth-order valence-corrected chi connectivity index (χ4v) is 3.84. The summed E-state index contributed by atoms with van der Waals surface area (Å²) in [7, 11) is 0. The number of carbonyl (C=O) groups excluding carboxylic acids is 1. The Morgan fingerprint density at radius 1 is 1.21 bits per heavy atom. The van der Waals surface area contributed by atoms with Gasteiger partial charge in [0.2, 0.25) is 0 Å². The van der Waals surface area contributed by atoms with Crippen LogP contribution in [0.4, 0.5) is 0 Å². The van der Waals surface area contributed by atoms with E-state index < -0.39 is 0 Å². The third-order valence-corrected chi connectivity index (χ3v) is 4.89. The summed E-state index contributed by atoms with van der Waals surface area (Å²) >= 11 is 1.93. The summed E-state index contributed by atoms with van der Waals surface area (Å²) in [5.41, 5.74) is 0. The van der Waals surface area contributed by atoms with Crippen molar-refractivity contribution in [3.8, 4) is 0 Å². The first-order valence-electron chi connectivity index (χ1n) is 7.30. The van der Waals surface area contributed by atoms with E-state index in [-0.39, 0.29) is 24.3 Å². The molecule has 4 atom stereocenters. The van der Waals surface area contributed by atoms with Gasteiger partial charge in [0.1, 0.15) is 12.2 Å². The van der Waals surface area contributed by atoms with Crippen LogP contribution < -0.4 is 0 Å². The molecular formula is C14H24O4S. The molecule has 110 valence electrons. The Kier molecular flexibility index (Phi) is 5.98. The molecule has 0 aromatic carbocycles. The number of thioether (sulfide) groups is 1. The topological polar surface area (TPSA) is 44.8 Å². The fraction of sp³-hybridized carbons (Fsp3) is 0.929. The Labute approximate surface area is 119 Å². The standard InChI is InChI=1S/C14H24O4S/c1-3-5-7-19-11-9-17-13-10(8-16-14(11)13)18-12(15)6-4-2/h10-11,13-14H,3-9H2,1-2H3/t10-,11?,13+,14+/m0/s1. The van der Waals surface area contributed by atoms with Crippen LogP contribution in [0.15, 0.2) is 0 Å². The average molecular weight is 288 g/mol. The third-order valence-electron chi connectivity index (χ3n) is 3.53. The number of esters is 1. The Morgan fingerprint density at radius 3 is 2.74 bits per heavy atom. The summed E-state index contributed by atoms with van der Waals surface area (Å²) in [6.07, 6.45) is 3.57. The van der Waals surface area contributed by atoms with Gasteiger partial charge < -0.3 is 14.2 Å². The van der Waals surface area contributed by atoms with E-state index in [1.54, 1.807) is 0 Å². The summed E-state index contributed by atoms with van der Waals surface area (Å²) in [5.74, 6) is 1.01. The molecule has 0 spiro atoms. The zero-order valence-electron chi connectivity index (χ0n) is 11.8. The smallest absolute Gasteiger partial charge is 0.306 e. The normalized spacial score (nSPS) is 33.4. The maximum Gasteiger partial charge on any atom is 0.306 e. The molecule has 2 fully saturated rings. The van der Waals surface area contributed by atoms with Crippen LogP contribution in [0.5, 0.6) is 0 Å². The van der Waals surface area contributed by atoms with Gasteiger partial charge in [-0.15, -0.1) is 0 Å². The Morgan fingerprint density at radius 2 is 2.00 bits per heavy atom. The van der Waals surface area contributed by atoms with Crippen LogP contribution in [0, 0.1) is 0 Å². The number of ether oxygens (including phenoxy) is 3. The molecule has 2 saturated heterocycles. The summed E-state index contributed by atoms with van der Waals surface area (Å²) in [4.78, 5) is 11.5. The molecule has 0 bridgehead atoms. The van der Waals surface area contributed by atoms with Gasteiger partial charge in [0.15, 0.2) is 6.10 Å². The third kappa shape index (κ3) is 3.86. The first kappa shape index (κ1) is 15.1. The zero-order valence-corrected chi connectivity index (χ0v) is 12.6. The molecule has 0 aliphatic carbocycles. The second-order valence-corrected chi connectivity index (χ2v) is 6.48. The molecule has 1 unspecified atom stereocenters. The minimum atomic E-state index is -0.208. The molecule has 0 amide bonds. The molecule has 2 aliphatic heterocycles. The van der Waals surface area contributed by atoms with Crippen molar-refractivity contribution < 1.29 is 19.0 Å². The van der Waals surface area contributed by atoms with Crippen LogP contribution in [-0.2, 0) is 19.0 Å². The van der Waals surface area contributed by atoms with Crippen LogP contribution in [0.2, 0.25) is 0 Å². The largest absolute Gasteiger partial charge is 0.457 e. The molecule has 2 rings (SSSR count). The predicted octanol–water partition coefficient (Wildman–Crippen LogP) is 2.40. The highest BCUT2D eigenvalue weighted by atomic mass is 32.2. The van der Waals surface area contributed by atoms with Crippen molar-refractivity contribution in [2.24, 2.45) is 0 Å². The minimum Gasteiger partial charge on any atom is -0.457 e. The van der Waals surface area contributed by atoms with E-state index in [1.165, 1.54) is 12.8 Å². The second-order valence-electron chi connectivity index (χ2n) is 5.14. The number of hydrogen-bond acceptors (Lipinski definition) is 5. The van der Waals surface area contributed by atoms with Crippen LogP contribution in [0.3, 0.4) is 0 Å². The second kappa shape index (κ2) is 7.50.